The van der Waals surface area contributed by atoms with Crippen LogP contribution in [0.5, 0.6) is 0 Å². The zero-order valence-corrected chi connectivity index (χ0v) is 14.6. The van der Waals surface area contributed by atoms with Gasteiger partial charge in [0, 0.05) is 37.8 Å². The summed E-state index contributed by atoms with van der Waals surface area (Å²) in [7, 11) is 2.07. The summed E-state index contributed by atoms with van der Waals surface area (Å²) in [5, 5.41) is 8.10. The van der Waals surface area contributed by atoms with Gasteiger partial charge in [0.05, 0.1) is 17.1 Å². The number of rotatable bonds is 2. The van der Waals surface area contributed by atoms with Gasteiger partial charge in [-0.25, -0.2) is 4.39 Å². The van der Waals surface area contributed by atoms with E-state index in [9.17, 15) is 4.39 Å². The number of benzene rings is 2. The molecule has 5 heteroatoms. The van der Waals surface area contributed by atoms with Crippen molar-refractivity contribution in [3.63, 3.8) is 0 Å². The monoisotopic (exact) mass is 346 g/mol. The Balaban J connectivity index is 1.79. The van der Waals surface area contributed by atoms with Crippen LogP contribution in [-0.2, 0) is 6.54 Å². The molecule has 2 radical (unpaired) electrons. The molecule has 0 aliphatic carbocycles. The molecule has 4 nitrogen and oxygen atoms in total. The summed E-state index contributed by atoms with van der Waals surface area (Å²) in [6, 6.07) is 16.6. The third kappa shape index (κ3) is 3.18. The molecule has 0 spiro atoms. The van der Waals surface area contributed by atoms with E-state index in [1.807, 2.05) is 35.2 Å². The highest BCUT2D eigenvalue weighted by Crippen LogP contribution is 2.35. The molecule has 1 aliphatic rings. The number of hydrogen-bond donors (Lipinski definition) is 0. The zero-order valence-electron chi connectivity index (χ0n) is 14.6. The Morgan fingerprint density at radius 3 is 2.58 bits per heavy atom. The van der Waals surface area contributed by atoms with Crippen molar-refractivity contribution in [1.82, 2.24) is 15.1 Å². The smallest absolute Gasteiger partial charge is 0.146 e. The largest absolute Gasteiger partial charge is 0.338 e. The Hall–Kier alpha value is -2.79. The van der Waals surface area contributed by atoms with Gasteiger partial charge < -0.3 is 9.80 Å². The highest BCUT2D eigenvalue weighted by atomic mass is 19.1. The van der Waals surface area contributed by atoms with E-state index in [1.165, 1.54) is 6.07 Å². The standard InChI is InChI=1S/C21H19FN4/c1-15-7-9-19(24-23-15)16-8-10-20-17(13-16)14-25(2)11-12-26(20)21-6-4-3-5-18(21)22/h1,3-10,13H,11-12,14H2,2H3. The van der Waals surface area contributed by atoms with Crippen LogP contribution in [0.2, 0.25) is 0 Å². The predicted octanol–water partition coefficient (Wildman–Crippen LogP) is 3.93. The Labute approximate surface area is 152 Å². The van der Waals surface area contributed by atoms with Crippen LogP contribution in [-0.4, -0.2) is 35.2 Å². The van der Waals surface area contributed by atoms with Crippen LogP contribution in [0.15, 0.2) is 54.6 Å². The summed E-state index contributed by atoms with van der Waals surface area (Å²) >= 11 is 0. The van der Waals surface area contributed by atoms with E-state index in [0.717, 1.165) is 42.1 Å². The molecule has 0 fully saturated rings. The molecule has 0 bridgehead atoms. The number of para-hydroxylation sites is 1. The number of fused-ring (bicyclic) bond motifs is 1. The molecular formula is C21H19FN4. The molecule has 0 atom stereocenters. The fraction of sp³-hybridized carbons (Fsp3) is 0.190. The van der Waals surface area contributed by atoms with E-state index >= 15 is 0 Å². The number of hydrogen-bond acceptors (Lipinski definition) is 4. The van der Waals surface area contributed by atoms with E-state index in [2.05, 4.69) is 28.2 Å². The third-order valence-corrected chi connectivity index (χ3v) is 4.64. The quantitative estimate of drug-likeness (QED) is 0.704. The van der Waals surface area contributed by atoms with E-state index < -0.39 is 0 Å². The van der Waals surface area contributed by atoms with Gasteiger partial charge >= 0.3 is 0 Å². The van der Waals surface area contributed by atoms with Crippen molar-refractivity contribution in [3.05, 3.63) is 78.6 Å². The molecule has 0 amide bonds. The van der Waals surface area contributed by atoms with Crippen LogP contribution in [0.25, 0.3) is 11.3 Å². The third-order valence-electron chi connectivity index (χ3n) is 4.64. The average Bonchev–Trinajstić information content (AvgIpc) is 2.80. The van der Waals surface area contributed by atoms with Crippen LogP contribution in [0, 0.1) is 12.7 Å². The average molecular weight is 346 g/mol. The molecule has 0 saturated heterocycles. The zero-order chi connectivity index (χ0) is 18.1. The SMILES string of the molecule is [CH]c1ccc(-c2ccc3c(c2)CN(C)CCN3c2ccccc2F)nn1. The molecule has 0 unspecified atom stereocenters. The predicted molar refractivity (Wildman–Crippen MR) is 101 cm³/mol. The molecule has 2 heterocycles. The van der Waals surface area contributed by atoms with E-state index in [0.29, 0.717) is 11.4 Å². The van der Waals surface area contributed by atoms with Gasteiger partial charge in [0.1, 0.15) is 5.82 Å². The Morgan fingerprint density at radius 2 is 1.81 bits per heavy atom. The fourth-order valence-corrected chi connectivity index (χ4v) is 3.31. The molecule has 130 valence electrons. The molecular weight excluding hydrogens is 327 g/mol. The molecule has 2 aromatic carbocycles. The first-order valence-corrected chi connectivity index (χ1v) is 8.55. The number of halogens is 1. The fourth-order valence-electron chi connectivity index (χ4n) is 3.31. The van der Waals surface area contributed by atoms with Crippen molar-refractivity contribution in [2.45, 2.75) is 6.54 Å². The molecule has 1 aromatic heterocycles. The Morgan fingerprint density at radius 1 is 0.962 bits per heavy atom. The Bertz CT molecular complexity index is 924. The summed E-state index contributed by atoms with van der Waals surface area (Å²) in [6.07, 6.45) is 0. The first-order chi connectivity index (χ1) is 12.6. The maximum atomic E-state index is 14.4. The lowest BCUT2D eigenvalue weighted by Crippen LogP contribution is -2.26. The van der Waals surface area contributed by atoms with Crippen LogP contribution in [0.4, 0.5) is 15.8 Å². The van der Waals surface area contributed by atoms with Gasteiger partial charge in [-0.1, -0.05) is 18.2 Å². The van der Waals surface area contributed by atoms with E-state index in [1.54, 1.807) is 12.1 Å². The maximum Gasteiger partial charge on any atom is 0.146 e. The second kappa shape index (κ2) is 6.84. The minimum Gasteiger partial charge on any atom is -0.338 e. The van der Waals surface area contributed by atoms with Crippen molar-refractivity contribution >= 4 is 11.4 Å². The first-order valence-electron chi connectivity index (χ1n) is 8.55. The molecule has 26 heavy (non-hydrogen) atoms. The lowest BCUT2D eigenvalue weighted by atomic mass is 10.0. The summed E-state index contributed by atoms with van der Waals surface area (Å²) in [5.41, 5.74) is 4.89. The van der Waals surface area contributed by atoms with Crippen molar-refractivity contribution in [1.29, 1.82) is 0 Å². The van der Waals surface area contributed by atoms with E-state index in [4.69, 9.17) is 6.92 Å². The second-order valence-corrected chi connectivity index (χ2v) is 6.53. The van der Waals surface area contributed by atoms with Crippen molar-refractivity contribution in [2.24, 2.45) is 0 Å². The highest BCUT2D eigenvalue weighted by molar-refractivity contribution is 5.72. The number of aromatic nitrogens is 2. The van der Waals surface area contributed by atoms with Crippen LogP contribution in [0.1, 0.15) is 11.3 Å². The minimum absolute atomic E-state index is 0.212. The number of likely N-dealkylation sites (N-methyl/N-ethyl adjacent to an activating group) is 1. The van der Waals surface area contributed by atoms with Gasteiger partial charge in [0.2, 0.25) is 0 Å². The second-order valence-electron chi connectivity index (χ2n) is 6.53. The van der Waals surface area contributed by atoms with E-state index in [-0.39, 0.29) is 5.82 Å². The Kier molecular flexibility index (Phi) is 4.39. The molecule has 1 aliphatic heterocycles. The molecule has 3 aromatic rings. The highest BCUT2D eigenvalue weighted by Gasteiger charge is 2.21. The molecule has 4 rings (SSSR count). The van der Waals surface area contributed by atoms with Crippen molar-refractivity contribution in [3.8, 4) is 11.3 Å². The summed E-state index contributed by atoms with van der Waals surface area (Å²) < 4.78 is 14.4. The maximum absolute atomic E-state index is 14.4. The summed E-state index contributed by atoms with van der Waals surface area (Å²) in [6.45, 7) is 7.99. The van der Waals surface area contributed by atoms with Crippen molar-refractivity contribution < 1.29 is 4.39 Å². The van der Waals surface area contributed by atoms with Gasteiger partial charge in [-0.2, -0.15) is 10.2 Å². The van der Waals surface area contributed by atoms with Gasteiger partial charge in [0.25, 0.3) is 0 Å². The number of anilines is 2. The van der Waals surface area contributed by atoms with Gasteiger partial charge in [-0.15, -0.1) is 0 Å². The number of nitrogens with zero attached hydrogens (tertiary/aromatic N) is 4. The van der Waals surface area contributed by atoms with Crippen LogP contribution >= 0.6 is 0 Å². The molecule has 0 saturated carbocycles. The van der Waals surface area contributed by atoms with Crippen molar-refractivity contribution in [2.75, 3.05) is 25.0 Å². The normalized spacial score (nSPS) is 14.8. The van der Waals surface area contributed by atoms with Gasteiger partial charge in [-0.05, 0) is 49.0 Å². The summed E-state index contributed by atoms with van der Waals surface area (Å²) in [5.74, 6) is -0.212. The lowest BCUT2D eigenvalue weighted by Gasteiger charge is -2.25. The van der Waals surface area contributed by atoms with Crippen LogP contribution < -0.4 is 4.90 Å². The topological polar surface area (TPSA) is 32.3 Å². The summed E-state index contributed by atoms with van der Waals surface area (Å²) in [4.78, 5) is 4.28. The van der Waals surface area contributed by atoms with Gasteiger partial charge in [-0.3, -0.25) is 0 Å². The first kappa shape index (κ1) is 16.7. The van der Waals surface area contributed by atoms with Crippen LogP contribution in [0.3, 0.4) is 0 Å². The lowest BCUT2D eigenvalue weighted by molar-refractivity contribution is 0.343. The minimum atomic E-state index is -0.212. The van der Waals surface area contributed by atoms with Gasteiger partial charge in [0.15, 0.2) is 0 Å². The molecule has 0 N–H and O–H groups in total.